The number of aliphatic hydroxyl groups is 4. The lowest BCUT2D eigenvalue weighted by Gasteiger charge is -2.25. The van der Waals surface area contributed by atoms with E-state index in [2.05, 4.69) is 4.74 Å². The van der Waals surface area contributed by atoms with Crippen molar-refractivity contribution in [2.24, 2.45) is 0 Å². The summed E-state index contributed by atoms with van der Waals surface area (Å²) in [4.78, 5) is 10.5. The fraction of sp³-hybridized carbons (Fsp3) is 0.500. The number of hydrogen-bond donors (Lipinski definition) is 4. The van der Waals surface area contributed by atoms with E-state index in [1.807, 2.05) is 0 Å². The molecule has 12 heavy (non-hydrogen) atoms. The highest BCUT2D eigenvalue weighted by molar-refractivity contribution is 5.85. The van der Waals surface area contributed by atoms with Crippen LogP contribution >= 0.6 is 0 Å². The molecule has 0 aromatic heterocycles. The standard InChI is InChI=1S/C6H8O6/c7-2-4(9)6(11)3(8)1-5(10)12-6/h1,4,7-9,11H,2H2/t4-,6+/m1/s1. The minimum atomic E-state index is -2.49. The molecule has 1 rings (SSSR count). The van der Waals surface area contributed by atoms with Crippen LogP contribution in [0.1, 0.15) is 0 Å². The summed E-state index contributed by atoms with van der Waals surface area (Å²) >= 11 is 0. The summed E-state index contributed by atoms with van der Waals surface area (Å²) in [6, 6.07) is 0. The number of rotatable bonds is 2. The van der Waals surface area contributed by atoms with Crippen molar-refractivity contribution in [1.29, 1.82) is 0 Å². The Bertz CT molecular complexity index is 234. The van der Waals surface area contributed by atoms with E-state index < -0.39 is 30.2 Å². The van der Waals surface area contributed by atoms with Crippen molar-refractivity contribution in [2.45, 2.75) is 11.9 Å². The van der Waals surface area contributed by atoms with Crippen LogP contribution in [0.3, 0.4) is 0 Å². The molecule has 0 saturated carbocycles. The van der Waals surface area contributed by atoms with Crippen LogP contribution in [-0.2, 0) is 9.53 Å². The van der Waals surface area contributed by atoms with Crippen LogP contribution in [-0.4, -0.2) is 44.9 Å². The van der Waals surface area contributed by atoms with Crippen molar-refractivity contribution in [3.8, 4) is 0 Å². The van der Waals surface area contributed by atoms with Crippen molar-refractivity contribution >= 4 is 5.97 Å². The number of hydrogen-bond acceptors (Lipinski definition) is 6. The highest BCUT2D eigenvalue weighted by Gasteiger charge is 2.48. The third-order valence-corrected chi connectivity index (χ3v) is 1.50. The second-order valence-corrected chi connectivity index (χ2v) is 2.35. The third kappa shape index (κ3) is 1.15. The number of esters is 1. The molecule has 1 aliphatic rings. The SMILES string of the molecule is O=C1C=C(O)[C@@](O)([C@H](O)CO)O1. The molecule has 0 fully saturated rings. The minimum Gasteiger partial charge on any atom is -0.506 e. The van der Waals surface area contributed by atoms with Crippen LogP contribution in [0, 0.1) is 0 Å². The number of ether oxygens (including phenoxy) is 1. The van der Waals surface area contributed by atoms with Crippen molar-refractivity contribution in [1.82, 2.24) is 0 Å². The van der Waals surface area contributed by atoms with Gasteiger partial charge in [0.2, 0.25) is 0 Å². The van der Waals surface area contributed by atoms with E-state index in [-0.39, 0.29) is 0 Å². The molecule has 1 aliphatic heterocycles. The van der Waals surface area contributed by atoms with E-state index in [4.69, 9.17) is 15.3 Å². The topological polar surface area (TPSA) is 107 Å². The van der Waals surface area contributed by atoms with Gasteiger partial charge in [-0.15, -0.1) is 0 Å². The molecule has 4 N–H and O–H groups in total. The third-order valence-electron chi connectivity index (χ3n) is 1.50. The van der Waals surface area contributed by atoms with Crippen LogP contribution in [0.25, 0.3) is 0 Å². The predicted octanol–water partition coefficient (Wildman–Crippen LogP) is -1.97. The van der Waals surface area contributed by atoms with Gasteiger partial charge in [0.15, 0.2) is 5.76 Å². The molecule has 0 radical (unpaired) electrons. The molecular formula is C6H8O6. The van der Waals surface area contributed by atoms with Gasteiger partial charge in [0, 0.05) is 0 Å². The van der Waals surface area contributed by atoms with Gasteiger partial charge in [-0.1, -0.05) is 0 Å². The Kier molecular flexibility index (Phi) is 2.05. The molecule has 2 atom stereocenters. The molecular weight excluding hydrogens is 168 g/mol. The Hall–Kier alpha value is -1.11. The second-order valence-electron chi connectivity index (χ2n) is 2.35. The van der Waals surface area contributed by atoms with Gasteiger partial charge in [-0.3, -0.25) is 0 Å². The van der Waals surface area contributed by atoms with Gasteiger partial charge in [0.25, 0.3) is 5.79 Å². The van der Waals surface area contributed by atoms with Crippen LogP contribution in [0.2, 0.25) is 0 Å². The highest BCUT2D eigenvalue weighted by Crippen LogP contribution is 2.26. The first kappa shape index (κ1) is 8.98. The Labute approximate surface area is 67.3 Å². The van der Waals surface area contributed by atoms with Gasteiger partial charge in [0.05, 0.1) is 12.7 Å². The van der Waals surface area contributed by atoms with Gasteiger partial charge in [-0.2, -0.15) is 0 Å². The second kappa shape index (κ2) is 2.74. The van der Waals surface area contributed by atoms with Crippen molar-refractivity contribution in [3.05, 3.63) is 11.8 Å². The average molecular weight is 176 g/mol. The van der Waals surface area contributed by atoms with Crippen LogP contribution in [0.15, 0.2) is 11.8 Å². The molecule has 0 aliphatic carbocycles. The first-order valence-electron chi connectivity index (χ1n) is 3.16. The molecule has 0 unspecified atom stereocenters. The number of aliphatic hydroxyl groups excluding tert-OH is 3. The maximum Gasteiger partial charge on any atom is 0.337 e. The number of carbonyl (C=O) groups is 1. The van der Waals surface area contributed by atoms with E-state index in [1.54, 1.807) is 0 Å². The van der Waals surface area contributed by atoms with Gasteiger partial charge in [-0.05, 0) is 0 Å². The molecule has 0 aromatic carbocycles. The normalized spacial score (nSPS) is 31.2. The summed E-state index contributed by atoms with van der Waals surface area (Å²) in [5.74, 6) is -4.28. The minimum absolute atomic E-state index is 0.624. The lowest BCUT2D eigenvalue weighted by atomic mass is 10.1. The summed E-state index contributed by atoms with van der Waals surface area (Å²) in [5, 5.41) is 35.5. The Morgan fingerprint density at radius 3 is 2.58 bits per heavy atom. The van der Waals surface area contributed by atoms with Crippen molar-refractivity contribution in [2.75, 3.05) is 6.61 Å². The maximum absolute atomic E-state index is 10.5. The van der Waals surface area contributed by atoms with Crippen LogP contribution < -0.4 is 0 Å². The smallest absolute Gasteiger partial charge is 0.337 e. The van der Waals surface area contributed by atoms with E-state index in [9.17, 15) is 9.90 Å². The maximum atomic E-state index is 10.5. The zero-order valence-electron chi connectivity index (χ0n) is 5.97. The first-order chi connectivity index (χ1) is 5.50. The van der Waals surface area contributed by atoms with E-state index >= 15 is 0 Å². The molecule has 0 saturated heterocycles. The average Bonchev–Trinajstić information content (AvgIpc) is 2.26. The van der Waals surface area contributed by atoms with Gasteiger partial charge in [-0.25, -0.2) is 4.79 Å². The Balaban J connectivity index is 2.87. The fourth-order valence-corrected chi connectivity index (χ4v) is 0.813. The predicted molar refractivity (Wildman–Crippen MR) is 34.8 cm³/mol. The van der Waals surface area contributed by atoms with E-state index in [0.717, 1.165) is 0 Å². The van der Waals surface area contributed by atoms with Crippen LogP contribution in [0.5, 0.6) is 0 Å². The largest absolute Gasteiger partial charge is 0.506 e. The summed E-state index contributed by atoms with van der Waals surface area (Å²) in [6.07, 6.45) is -1.13. The van der Waals surface area contributed by atoms with E-state index in [0.29, 0.717) is 6.08 Å². The molecule has 0 bridgehead atoms. The fourth-order valence-electron chi connectivity index (χ4n) is 0.813. The van der Waals surface area contributed by atoms with Crippen LogP contribution in [0.4, 0.5) is 0 Å². The van der Waals surface area contributed by atoms with Gasteiger partial charge in [0.1, 0.15) is 6.10 Å². The van der Waals surface area contributed by atoms with Gasteiger partial charge < -0.3 is 25.2 Å². The van der Waals surface area contributed by atoms with Crippen molar-refractivity contribution < 1.29 is 30.0 Å². The molecule has 0 spiro atoms. The summed E-state index contributed by atoms with van der Waals surface area (Å²) in [7, 11) is 0. The molecule has 6 heteroatoms. The summed E-state index contributed by atoms with van der Waals surface area (Å²) in [6.45, 7) is -0.832. The Morgan fingerprint density at radius 2 is 2.25 bits per heavy atom. The molecule has 6 nitrogen and oxygen atoms in total. The molecule has 68 valence electrons. The Morgan fingerprint density at radius 1 is 1.67 bits per heavy atom. The molecule has 0 aromatic rings. The zero-order chi connectivity index (χ0) is 9.35. The molecule has 0 amide bonds. The quantitative estimate of drug-likeness (QED) is 0.363. The monoisotopic (exact) mass is 176 g/mol. The lowest BCUT2D eigenvalue weighted by molar-refractivity contribution is -0.232. The summed E-state index contributed by atoms with van der Waals surface area (Å²) in [5.41, 5.74) is 0. The zero-order valence-corrected chi connectivity index (χ0v) is 5.97. The summed E-state index contributed by atoms with van der Waals surface area (Å²) < 4.78 is 4.18. The number of cyclic esters (lactones) is 1. The highest BCUT2D eigenvalue weighted by atomic mass is 16.7. The lowest BCUT2D eigenvalue weighted by Crippen LogP contribution is -2.46. The van der Waals surface area contributed by atoms with Crippen molar-refractivity contribution in [3.63, 3.8) is 0 Å². The van der Waals surface area contributed by atoms with E-state index in [1.165, 1.54) is 0 Å². The molecule has 1 heterocycles. The first-order valence-corrected chi connectivity index (χ1v) is 3.16. The number of carbonyl (C=O) groups excluding carboxylic acids is 1. The van der Waals surface area contributed by atoms with Gasteiger partial charge >= 0.3 is 5.97 Å².